The number of amides is 2. The van der Waals surface area contributed by atoms with Crippen LogP contribution in [0.2, 0.25) is 0 Å². The molecule has 1 unspecified atom stereocenters. The van der Waals surface area contributed by atoms with Gasteiger partial charge in [-0.1, -0.05) is 43.2 Å². The smallest absolute Gasteiger partial charge is 0.223 e. The molecular weight excluding hydrogens is 416 g/mol. The highest BCUT2D eigenvalue weighted by Gasteiger charge is 2.37. The number of benzene rings is 2. The van der Waals surface area contributed by atoms with Gasteiger partial charge in [0.1, 0.15) is 13.2 Å². The topological polar surface area (TPSA) is 67.9 Å². The van der Waals surface area contributed by atoms with Crippen LogP contribution in [0, 0.1) is 0 Å². The normalized spacial score (nSPS) is 20.3. The molecule has 6 heteroatoms. The Hall–Kier alpha value is -3.28. The fraction of sp³-hybridized carbons (Fsp3) is 0.407. The number of nitrogens with one attached hydrogen (secondary N) is 1. The number of rotatable bonds is 5. The van der Waals surface area contributed by atoms with Crippen LogP contribution in [0.3, 0.4) is 0 Å². The van der Waals surface area contributed by atoms with Gasteiger partial charge < -0.3 is 19.7 Å². The van der Waals surface area contributed by atoms with E-state index in [0.29, 0.717) is 19.8 Å². The third kappa shape index (κ3) is 4.22. The first-order chi connectivity index (χ1) is 16.1. The Balaban J connectivity index is 1.32. The van der Waals surface area contributed by atoms with Gasteiger partial charge in [-0.05, 0) is 47.7 Å². The van der Waals surface area contributed by atoms with E-state index in [-0.39, 0.29) is 29.7 Å². The summed E-state index contributed by atoms with van der Waals surface area (Å²) in [6.45, 7) is 3.25. The summed E-state index contributed by atoms with van der Waals surface area (Å²) in [5, 5.41) is 3.21. The lowest BCUT2D eigenvalue weighted by Gasteiger charge is -2.34. The van der Waals surface area contributed by atoms with E-state index in [2.05, 4.69) is 17.4 Å². The molecule has 0 bridgehead atoms. The molecule has 2 amide bonds. The molecule has 2 aromatic carbocycles. The lowest BCUT2D eigenvalue weighted by Crippen LogP contribution is -2.41. The van der Waals surface area contributed by atoms with Crippen LogP contribution in [0.1, 0.15) is 61.8 Å². The van der Waals surface area contributed by atoms with Gasteiger partial charge in [-0.25, -0.2) is 0 Å². The summed E-state index contributed by atoms with van der Waals surface area (Å²) < 4.78 is 11.5. The Labute approximate surface area is 194 Å². The number of fused-ring (bicyclic) bond motifs is 2. The fourth-order valence-corrected chi connectivity index (χ4v) is 5.42. The van der Waals surface area contributed by atoms with Crippen molar-refractivity contribution in [2.75, 3.05) is 19.8 Å². The minimum absolute atomic E-state index is 0.0415. The second kappa shape index (κ2) is 8.93. The van der Waals surface area contributed by atoms with Gasteiger partial charge >= 0.3 is 0 Å². The number of ether oxygens (including phenoxy) is 2. The van der Waals surface area contributed by atoms with Crippen LogP contribution in [-0.2, 0) is 15.0 Å². The zero-order chi connectivity index (χ0) is 22.8. The first-order valence-electron chi connectivity index (χ1n) is 11.8. The number of carbonyl (C=O) groups is 2. The van der Waals surface area contributed by atoms with E-state index in [1.807, 2.05) is 36.4 Å². The lowest BCUT2D eigenvalue weighted by atomic mass is 9.78. The molecule has 0 aromatic heterocycles. The third-order valence-electron chi connectivity index (χ3n) is 7.19. The van der Waals surface area contributed by atoms with Crippen molar-refractivity contribution in [3.05, 3.63) is 65.4 Å². The molecule has 1 N–H and O–H groups in total. The summed E-state index contributed by atoms with van der Waals surface area (Å²) in [6, 6.07) is 13.8. The average Bonchev–Trinajstić information content (AvgIpc) is 3.33. The van der Waals surface area contributed by atoms with Crippen molar-refractivity contribution in [2.45, 2.75) is 50.5 Å². The van der Waals surface area contributed by atoms with Crippen LogP contribution >= 0.6 is 0 Å². The van der Waals surface area contributed by atoms with Crippen molar-refractivity contribution in [1.82, 2.24) is 10.2 Å². The maximum absolute atomic E-state index is 13.1. The summed E-state index contributed by atoms with van der Waals surface area (Å²) in [5.41, 5.74) is 3.15. The summed E-state index contributed by atoms with van der Waals surface area (Å²) in [4.78, 5) is 27.0. The molecule has 2 heterocycles. The standard InChI is InChI=1S/C27H30N2O4/c1-19(30)29-13-10-20-6-2-3-7-22(20)23(29)17-26(31)28-18-27(11-4-5-12-27)21-8-9-24-25(16-21)33-15-14-32-24/h2-3,6-10,13,16,23H,4-5,11-12,14-15,17-18H2,1H3,(H,28,31). The highest BCUT2D eigenvalue weighted by Crippen LogP contribution is 2.44. The molecule has 0 spiro atoms. The van der Waals surface area contributed by atoms with Crippen LogP contribution in [-0.4, -0.2) is 36.5 Å². The van der Waals surface area contributed by atoms with E-state index >= 15 is 0 Å². The first-order valence-corrected chi connectivity index (χ1v) is 11.8. The van der Waals surface area contributed by atoms with Crippen LogP contribution in [0.25, 0.3) is 6.08 Å². The molecule has 2 aliphatic heterocycles. The number of carbonyl (C=O) groups excluding carboxylic acids is 2. The molecule has 1 atom stereocenters. The highest BCUT2D eigenvalue weighted by atomic mass is 16.6. The van der Waals surface area contributed by atoms with Crippen molar-refractivity contribution >= 4 is 17.9 Å². The Morgan fingerprint density at radius 2 is 1.82 bits per heavy atom. The third-order valence-corrected chi connectivity index (χ3v) is 7.19. The molecule has 3 aliphatic rings. The molecule has 1 fully saturated rings. The van der Waals surface area contributed by atoms with E-state index < -0.39 is 0 Å². The Morgan fingerprint density at radius 3 is 2.61 bits per heavy atom. The highest BCUT2D eigenvalue weighted by molar-refractivity contribution is 5.82. The molecule has 5 rings (SSSR count). The van der Waals surface area contributed by atoms with Crippen LogP contribution in [0.4, 0.5) is 0 Å². The summed E-state index contributed by atoms with van der Waals surface area (Å²) >= 11 is 0. The zero-order valence-corrected chi connectivity index (χ0v) is 19.0. The predicted molar refractivity (Wildman–Crippen MR) is 126 cm³/mol. The quantitative estimate of drug-likeness (QED) is 0.742. The monoisotopic (exact) mass is 446 g/mol. The zero-order valence-electron chi connectivity index (χ0n) is 19.0. The van der Waals surface area contributed by atoms with Crippen LogP contribution in [0.5, 0.6) is 11.5 Å². The molecule has 172 valence electrons. The van der Waals surface area contributed by atoms with Gasteiger partial charge in [0, 0.05) is 25.1 Å². The summed E-state index contributed by atoms with van der Waals surface area (Å²) in [5.74, 6) is 1.47. The Kier molecular flexibility index (Phi) is 5.83. The number of nitrogens with zero attached hydrogens (tertiary/aromatic N) is 1. The molecule has 2 aromatic rings. The summed E-state index contributed by atoms with van der Waals surface area (Å²) in [7, 11) is 0. The Morgan fingerprint density at radius 1 is 1.06 bits per heavy atom. The van der Waals surface area contributed by atoms with Gasteiger partial charge in [-0.3, -0.25) is 9.59 Å². The second-order valence-corrected chi connectivity index (χ2v) is 9.21. The van der Waals surface area contributed by atoms with Crippen LogP contribution in [0.15, 0.2) is 48.7 Å². The number of hydrogen-bond donors (Lipinski definition) is 1. The summed E-state index contributed by atoms with van der Waals surface area (Å²) in [6.07, 6.45) is 8.30. The predicted octanol–water partition coefficient (Wildman–Crippen LogP) is 4.35. The minimum atomic E-state index is -0.294. The fourth-order valence-electron chi connectivity index (χ4n) is 5.42. The van der Waals surface area contributed by atoms with Crippen molar-refractivity contribution in [1.29, 1.82) is 0 Å². The van der Waals surface area contributed by atoms with Crippen molar-refractivity contribution in [2.24, 2.45) is 0 Å². The molecule has 1 saturated carbocycles. The molecule has 6 nitrogen and oxygen atoms in total. The molecule has 1 aliphatic carbocycles. The van der Waals surface area contributed by atoms with Crippen LogP contribution < -0.4 is 14.8 Å². The van der Waals surface area contributed by atoms with Gasteiger partial charge in [0.2, 0.25) is 11.8 Å². The van der Waals surface area contributed by atoms with E-state index in [0.717, 1.165) is 48.3 Å². The van der Waals surface area contributed by atoms with E-state index in [9.17, 15) is 9.59 Å². The van der Waals surface area contributed by atoms with Gasteiger partial charge in [0.05, 0.1) is 12.5 Å². The van der Waals surface area contributed by atoms with E-state index in [1.165, 1.54) is 5.56 Å². The molecule has 0 saturated heterocycles. The number of hydrogen-bond acceptors (Lipinski definition) is 4. The largest absolute Gasteiger partial charge is 0.486 e. The van der Waals surface area contributed by atoms with Gasteiger partial charge in [-0.15, -0.1) is 0 Å². The molecular formula is C27H30N2O4. The second-order valence-electron chi connectivity index (χ2n) is 9.21. The van der Waals surface area contributed by atoms with E-state index in [1.54, 1.807) is 18.0 Å². The maximum Gasteiger partial charge on any atom is 0.223 e. The maximum atomic E-state index is 13.1. The van der Waals surface area contributed by atoms with E-state index in [4.69, 9.17) is 9.47 Å². The van der Waals surface area contributed by atoms with Crippen molar-refractivity contribution in [3.63, 3.8) is 0 Å². The molecule has 0 radical (unpaired) electrons. The van der Waals surface area contributed by atoms with Crippen molar-refractivity contribution < 1.29 is 19.1 Å². The first kappa shape index (κ1) is 21.6. The SMILES string of the molecule is CC(=O)N1C=Cc2ccccc2C1CC(=O)NCC1(c2ccc3c(c2)OCCO3)CCCC1. The Bertz CT molecular complexity index is 1090. The van der Waals surface area contributed by atoms with Crippen molar-refractivity contribution in [3.8, 4) is 11.5 Å². The van der Waals surface area contributed by atoms with Gasteiger partial charge in [0.25, 0.3) is 0 Å². The van der Waals surface area contributed by atoms with Gasteiger partial charge in [0.15, 0.2) is 11.5 Å². The lowest BCUT2D eigenvalue weighted by molar-refractivity contribution is -0.130. The molecule has 33 heavy (non-hydrogen) atoms. The van der Waals surface area contributed by atoms with Gasteiger partial charge in [-0.2, -0.15) is 0 Å². The average molecular weight is 447 g/mol. The minimum Gasteiger partial charge on any atom is -0.486 e.